The van der Waals surface area contributed by atoms with Crippen molar-refractivity contribution in [3.8, 4) is 0 Å². The first kappa shape index (κ1) is 10.5. The SMILES string of the molecule is CCOC(=O)C1CCC(N)CC1C. The molecule has 0 bridgehead atoms. The van der Waals surface area contributed by atoms with E-state index in [1.807, 2.05) is 6.92 Å². The number of nitrogens with two attached hydrogens (primary N) is 1. The zero-order chi connectivity index (χ0) is 9.84. The van der Waals surface area contributed by atoms with E-state index in [2.05, 4.69) is 6.92 Å². The summed E-state index contributed by atoms with van der Waals surface area (Å²) >= 11 is 0. The summed E-state index contributed by atoms with van der Waals surface area (Å²) in [7, 11) is 0. The van der Waals surface area contributed by atoms with Gasteiger partial charge in [0.25, 0.3) is 0 Å². The Labute approximate surface area is 79.6 Å². The van der Waals surface area contributed by atoms with Crippen LogP contribution in [0.2, 0.25) is 0 Å². The van der Waals surface area contributed by atoms with Gasteiger partial charge in [0.1, 0.15) is 0 Å². The van der Waals surface area contributed by atoms with Crippen molar-refractivity contribution in [2.24, 2.45) is 17.6 Å². The molecule has 1 aliphatic carbocycles. The molecule has 0 saturated heterocycles. The number of rotatable bonds is 2. The first-order chi connectivity index (χ1) is 6.15. The Balaban J connectivity index is 2.45. The Morgan fingerprint density at radius 3 is 2.77 bits per heavy atom. The second-order valence-electron chi connectivity index (χ2n) is 3.91. The van der Waals surface area contributed by atoms with Crippen LogP contribution in [0.15, 0.2) is 0 Å². The smallest absolute Gasteiger partial charge is 0.309 e. The Morgan fingerprint density at radius 2 is 2.23 bits per heavy atom. The molecule has 0 radical (unpaired) electrons. The highest BCUT2D eigenvalue weighted by molar-refractivity contribution is 5.72. The molecule has 76 valence electrons. The van der Waals surface area contributed by atoms with Crippen molar-refractivity contribution in [2.45, 2.75) is 39.2 Å². The third kappa shape index (κ3) is 2.69. The van der Waals surface area contributed by atoms with E-state index in [4.69, 9.17) is 10.5 Å². The van der Waals surface area contributed by atoms with Gasteiger partial charge in [0, 0.05) is 6.04 Å². The Morgan fingerprint density at radius 1 is 1.54 bits per heavy atom. The van der Waals surface area contributed by atoms with Crippen LogP contribution in [0.1, 0.15) is 33.1 Å². The van der Waals surface area contributed by atoms with E-state index in [1.54, 1.807) is 0 Å². The van der Waals surface area contributed by atoms with Crippen LogP contribution in [-0.2, 0) is 9.53 Å². The summed E-state index contributed by atoms with van der Waals surface area (Å²) in [6.07, 6.45) is 2.79. The first-order valence-electron chi connectivity index (χ1n) is 5.07. The highest BCUT2D eigenvalue weighted by Gasteiger charge is 2.31. The lowest BCUT2D eigenvalue weighted by Crippen LogP contribution is -2.36. The lowest BCUT2D eigenvalue weighted by atomic mass is 9.78. The molecule has 0 aromatic rings. The lowest BCUT2D eigenvalue weighted by Gasteiger charge is -2.30. The van der Waals surface area contributed by atoms with E-state index in [1.165, 1.54) is 0 Å². The number of hydrogen-bond donors (Lipinski definition) is 1. The van der Waals surface area contributed by atoms with Gasteiger partial charge in [0.05, 0.1) is 12.5 Å². The molecule has 0 heterocycles. The molecule has 0 aromatic heterocycles. The number of carbonyl (C=O) groups excluding carboxylic acids is 1. The average molecular weight is 185 g/mol. The molecule has 1 rings (SSSR count). The van der Waals surface area contributed by atoms with Crippen molar-refractivity contribution in [2.75, 3.05) is 6.61 Å². The molecule has 3 atom stereocenters. The van der Waals surface area contributed by atoms with Crippen molar-refractivity contribution < 1.29 is 9.53 Å². The molecular formula is C10H19NO2. The van der Waals surface area contributed by atoms with Crippen molar-refractivity contribution in [3.05, 3.63) is 0 Å². The third-order valence-corrected chi connectivity index (χ3v) is 2.80. The summed E-state index contributed by atoms with van der Waals surface area (Å²) in [5, 5.41) is 0. The molecular weight excluding hydrogens is 166 g/mol. The maximum Gasteiger partial charge on any atom is 0.309 e. The summed E-state index contributed by atoms with van der Waals surface area (Å²) in [5.74, 6) is 0.421. The van der Waals surface area contributed by atoms with Gasteiger partial charge < -0.3 is 10.5 Å². The van der Waals surface area contributed by atoms with Gasteiger partial charge in [0.15, 0.2) is 0 Å². The minimum absolute atomic E-state index is 0.0399. The zero-order valence-electron chi connectivity index (χ0n) is 8.45. The molecule has 3 nitrogen and oxygen atoms in total. The van der Waals surface area contributed by atoms with Gasteiger partial charge in [-0.2, -0.15) is 0 Å². The summed E-state index contributed by atoms with van der Waals surface area (Å²) in [6, 6.07) is 0.278. The Bertz CT molecular complexity index is 182. The summed E-state index contributed by atoms with van der Waals surface area (Å²) < 4.78 is 5.01. The third-order valence-electron chi connectivity index (χ3n) is 2.80. The fraction of sp³-hybridized carbons (Fsp3) is 0.900. The minimum atomic E-state index is -0.0399. The monoisotopic (exact) mass is 185 g/mol. The van der Waals surface area contributed by atoms with Crippen molar-refractivity contribution in [3.63, 3.8) is 0 Å². The van der Waals surface area contributed by atoms with Crippen molar-refractivity contribution in [1.29, 1.82) is 0 Å². The molecule has 3 unspecified atom stereocenters. The van der Waals surface area contributed by atoms with Gasteiger partial charge >= 0.3 is 5.97 Å². The Hall–Kier alpha value is -0.570. The highest BCUT2D eigenvalue weighted by atomic mass is 16.5. The van der Waals surface area contributed by atoms with Crippen LogP contribution in [0.4, 0.5) is 0 Å². The fourth-order valence-electron chi connectivity index (χ4n) is 2.04. The van der Waals surface area contributed by atoms with E-state index < -0.39 is 0 Å². The second-order valence-corrected chi connectivity index (χ2v) is 3.91. The fourth-order valence-corrected chi connectivity index (χ4v) is 2.04. The van der Waals surface area contributed by atoms with Gasteiger partial charge in [-0.1, -0.05) is 6.92 Å². The highest BCUT2D eigenvalue weighted by Crippen LogP contribution is 2.29. The quantitative estimate of drug-likeness (QED) is 0.660. The molecule has 13 heavy (non-hydrogen) atoms. The molecule has 1 fully saturated rings. The molecule has 0 amide bonds. The summed E-state index contributed by atoms with van der Waals surface area (Å²) in [4.78, 5) is 11.5. The molecule has 0 spiro atoms. The van der Waals surface area contributed by atoms with Gasteiger partial charge in [0.2, 0.25) is 0 Å². The zero-order valence-corrected chi connectivity index (χ0v) is 8.45. The van der Waals surface area contributed by atoms with Crippen LogP contribution in [0.3, 0.4) is 0 Å². The number of ether oxygens (including phenoxy) is 1. The Kier molecular flexibility index (Phi) is 3.72. The van der Waals surface area contributed by atoms with Crippen LogP contribution in [0, 0.1) is 11.8 Å². The predicted octanol–water partition coefficient (Wildman–Crippen LogP) is 1.31. The summed E-state index contributed by atoms with van der Waals surface area (Å²) in [6.45, 7) is 4.41. The van der Waals surface area contributed by atoms with Crippen molar-refractivity contribution >= 4 is 5.97 Å². The van der Waals surface area contributed by atoms with Gasteiger partial charge in [-0.05, 0) is 32.1 Å². The van der Waals surface area contributed by atoms with E-state index in [0.717, 1.165) is 19.3 Å². The van der Waals surface area contributed by atoms with E-state index in [-0.39, 0.29) is 17.9 Å². The molecule has 1 saturated carbocycles. The first-order valence-corrected chi connectivity index (χ1v) is 5.07. The molecule has 2 N–H and O–H groups in total. The maximum atomic E-state index is 11.5. The normalized spacial score (nSPS) is 34.2. The van der Waals surface area contributed by atoms with Crippen LogP contribution in [-0.4, -0.2) is 18.6 Å². The van der Waals surface area contributed by atoms with E-state index in [9.17, 15) is 4.79 Å². The van der Waals surface area contributed by atoms with Crippen LogP contribution < -0.4 is 5.73 Å². The number of esters is 1. The number of hydrogen-bond acceptors (Lipinski definition) is 3. The van der Waals surface area contributed by atoms with Gasteiger partial charge in [-0.25, -0.2) is 0 Å². The second kappa shape index (κ2) is 4.61. The van der Waals surface area contributed by atoms with Gasteiger partial charge in [-0.3, -0.25) is 4.79 Å². The van der Waals surface area contributed by atoms with Crippen LogP contribution in [0.25, 0.3) is 0 Å². The minimum Gasteiger partial charge on any atom is -0.466 e. The molecule has 0 aromatic carbocycles. The maximum absolute atomic E-state index is 11.5. The molecule has 1 aliphatic rings. The largest absolute Gasteiger partial charge is 0.466 e. The van der Waals surface area contributed by atoms with Crippen molar-refractivity contribution in [1.82, 2.24) is 0 Å². The predicted molar refractivity (Wildman–Crippen MR) is 51.1 cm³/mol. The molecule has 3 heteroatoms. The summed E-state index contributed by atoms with van der Waals surface area (Å²) in [5.41, 5.74) is 5.81. The number of carbonyl (C=O) groups is 1. The lowest BCUT2D eigenvalue weighted by molar-refractivity contribution is -0.151. The van der Waals surface area contributed by atoms with E-state index >= 15 is 0 Å². The average Bonchev–Trinajstić information content (AvgIpc) is 2.04. The molecule has 0 aliphatic heterocycles. The van der Waals surface area contributed by atoms with Gasteiger partial charge in [-0.15, -0.1) is 0 Å². The topological polar surface area (TPSA) is 52.3 Å². The van der Waals surface area contributed by atoms with E-state index in [0.29, 0.717) is 12.5 Å². The van der Waals surface area contributed by atoms with Crippen LogP contribution in [0.5, 0.6) is 0 Å². The van der Waals surface area contributed by atoms with Crippen LogP contribution >= 0.6 is 0 Å². The standard InChI is InChI=1S/C10H19NO2/c1-3-13-10(12)9-5-4-8(11)6-7(9)2/h7-9H,3-6,11H2,1-2H3.